The van der Waals surface area contributed by atoms with Gasteiger partial charge in [0.15, 0.2) is 0 Å². The van der Waals surface area contributed by atoms with Crippen LogP contribution in [0, 0.1) is 13.8 Å². The molecule has 1 aliphatic rings. The van der Waals surface area contributed by atoms with E-state index < -0.39 is 0 Å². The van der Waals surface area contributed by atoms with Crippen molar-refractivity contribution < 1.29 is 0 Å². The van der Waals surface area contributed by atoms with Crippen LogP contribution in [-0.4, -0.2) is 17.6 Å². The monoisotopic (exact) mass is 300 g/mol. The summed E-state index contributed by atoms with van der Waals surface area (Å²) in [6, 6.07) is 11.7. The molecule has 2 aromatic rings. The first-order valence-corrected chi connectivity index (χ1v) is 8.75. The minimum absolute atomic E-state index is 0.594. The Hall–Kier alpha value is -1.19. The number of aryl methyl sites for hydroxylation is 3. The van der Waals surface area contributed by atoms with Crippen molar-refractivity contribution in [2.45, 2.75) is 51.5 Å². The third kappa shape index (κ3) is 4.14. The molecule has 1 aliphatic carbocycles. The largest absolute Gasteiger partial charge is 0.313 e. The molecule has 112 valence electrons. The first-order chi connectivity index (χ1) is 10.2. The molecule has 0 saturated heterocycles. The maximum absolute atomic E-state index is 4.68. The summed E-state index contributed by atoms with van der Waals surface area (Å²) in [5, 5.41) is 4.98. The summed E-state index contributed by atoms with van der Waals surface area (Å²) < 4.78 is 0. The Morgan fingerprint density at radius 3 is 2.62 bits per heavy atom. The number of rotatable bonds is 7. The molecule has 1 aromatic heterocycles. The molecule has 0 amide bonds. The summed E-state index contributed by atoms with van der Waals surface area (Å²) in [4.78, 5) is 6.04. The van der Waals surface area contributed by atoms with Crippen molar-refractivity contribution in [2.24, 2.45) is 0 Å². The van der Waals surface area contributed by atoms with Crippen LogP contribution in [0.3, 0.4) is 0 Å². The number of hydrogen-bond acceptors (Lipinski definition) is 3. The molecule has 2 nitrogen and oxygen atoms in total. The SMILES string of the molecule is Cc1nc(CCC(CNC2CC2)c2ccccc2)sc1C. The number of benzene rings is 1. The maximum atomic E-state index is 4.68. The van der Waals surface area contributed by atoms with E-state index in [1.165, 1.54) is 40.4 Å². The molecule has 3 heteroatoms. The van der Waals surface area contributed by atoms with Gasteiger partial charge >= 0.3 is 0 Å². The molecular formula is C18H24N2S. The summed E-state index contributed by atoms with van der Waals surface area (Å²) >= 11 is 1.86. The topological polar surface area (TPSA) is 24.9 Å². The minimum atomic E-state index is 0.594. The van der Waals surface area contributed by atoms with Crippen LogP contribution in [0.2, 0.25) is 0 Å². The second-order valence-corrected chi connectivity index (χ2v) is 7.37. The van der Waals surface area contributed by atoms with E-state index in [1.807, 2.05) is 11.3 Å². The lowest BCUT2D eigenvalue weighted by Gasteiger charge is -2.17. The highest BCUT2D eigenvalue weighted by Gasteiger charge is 2.22. The number of hydrogen-bond donors (Lipinski definition) is 1. The summed E-state index contributed by atoms with van der Waals surface area (Å²) in [7, 11) is 0. The molecule has 0 radical (unpaired) electrons. The van der Waals surface area contributed by atoms with Crippen molar-refractivity contribution in [3.8, 4) is 0 Å². The van der Waals surface area contributed by atoms with Crippen molar-refractivity contribution in [1.82, 2.24) is 10.3 Å². The Morgan fingerprint density at radius 2 is 2.00 bits per heavy atom. The highest BCUT2D eigenvalue weighted by Crippen LogP contribution is 2.26. The molecule has 1 unspecified atom stereocenters. The summed E-state index contributed by atoms with van der Waals surface area (Å²) in [6.45, 7) is 5.37. The maximum Gasteiger partial charge on any atom is 0.0931 e. The van der Waals surface area contributed by atoms with Crippen LogP contribution >= 0.6 is 11.3 Å². The molecule has 0 bridgehead atoms. The predicted octanol–water partition coefficient (Wildman–Crippen LogP) is 4.23. The lowest BCUT2D eigenvalue weighted by atomic mass is 9.94. The molecule has 1 atom stereocenters. The van der Waals surface area contributed by atoms with Gasteiger partial charge in [-0.2, -0.15) is 0 Å². The minimum Gasteiger partial charge on any atom is -0.313 e. The Balaban J connectivity index is 1.63. The van der Waals surface area contributed by atoms with Crippen LogP contribution in [0.5, 0.6) is 0 Å². The van der Waals surface area contributed by atoms with Gasteiger partial charge in [-0.3, -0.25) is 0 Å². The zero-order valence-corrected chi connectivity index (χ0v) is 13.7. The van der Waals surface area contributed by atoms with Gasteiger partial charge < -0.3 is 5.32 Å². The van der Waals surface area contributed by atoms with E-state index in [2.05, 4.69) is 54.5 Å². The summed E-state index contributed by atoms with van der Waals surface area (Å²) in [5.74, 6) is 0.594. The van der Waals surface area contributed by atoms with Crippen LogP contribution in [0.15, 0.2) is 30.3 Å². The zero-order valence-electron chi connectivity index (χ0n) is 12.9. The molecule has 0 aliphatic heterocycles. The number of nitrogens with zero attached hydrogens (tertiary/aromatic N) is 1. The van der Waals surface area contributed by atoms with Crippen LogP contribution in [0.25, 0.3) is 0 Å². The Kier molecular flexibility index (Phi) is 4.71. The van der Waals surface area contributed by atoms with Gasteiger partial charge in [0.2, 0.25) is 0 Å². The van der Waals surface area contributed by atoms with Crippen molar-refractivity contribution in [1.29, 1.82) is 0 Å². The van der Waals surface area contributed by atoms with Crippen molar-refractivity contribution in [2.75, 3.05) is 6.54 Å². The summed E-state index contributed by atoms with van der Waals surface area (Å²) in [5.41, 5.74) is 2.65. The Bertz CT molecular complexity index is 553. The number of nitrogens with one attached hydrogen (secondary N) is 1. The normalized spacial score (nSPS) is 16.1. The standard InChI is InChI=1S/C18H24N2S/c1-13-14(2)21-18(20-13)11-8-16(12-19-17-9-10-17)15-6-4-3-5-7-15/h3-7,16-17,19H,8-12H2,1-2H3. The van der Waals surface area contributed by atoms with Crippen LogP contribution in [0.1, 0.15) is 46.3 Å². The lowest BCUT2D eigenvalue weighted by molar-refractivity contribution is 0.547. The molecule has 3 rings (SSSR count). The van der Waals surface area contributed by atoms with Crippen molar-refractivity contribution in [3.05, 3.63) is 51.5 Å². The van der Waals surface area contributed by atoms with Crippen LogP contribution in [-0.2, 0) is 6.42 Å². The highest BCUT2D eigenvalue weighted by molar-refractivity contribution is 7.11. The predicted molar refractivity (Wildman–Crippen MR) is 90.1 cm³/mol. The number of thiazole rings is 1. The molecule has 0 spiro atoms. The summed E-state index contributed by atoms with van der Waals surface area (Å²) in [6.07, 6.45) is 4.97. The molecule has 1 heterocycles. The van der Waals surface area contributed by atoms with E-state index in [1.54, 1.807) is 0 Å². The highest BCUT2D eigenvalue weighted by atomic mass is 32.1. The van der Waals surface area contributed by atoms with Crippen molar-refractivity contribution in [3.63, 3.8) is 0 Å². The molecule has 21 heavy (non-hydrogen) atoms. The van der Waals surface area contributed by atoms with Gasteiger partial charge in [-0.1, -0.05) is 30.3 Å². The van der Waals surface area contributed by atoms with Crippen molar-refractivity contribution >= 4 is 11.3 Å². The Morgan fingerprint density at radius 1 is 1.24 bits per heavy atom. The fraction of sp³-hybridized carbons (Fsp3) is 0.500. The third-order valence-electron chi connectivity index (χ3n) is 4.28. The first kappa shape index (κ1) is 14.7. The van der Waals surface area contributed by atoms with E-state index in [0.29, 0.717) is 5.92 Å². The van der Waals surface area contributed by atoms with Gasteiger partial charge in [0.05, 0.1) is 10.7 Å². The van der Waals surface area contributed by atoms with Gasteiger partial charge in [0.1, 0.15) is 0 Å². The van der Waals surface area contributed by atoms with E-state index in [9.17, 15) is 0 Å². The average molecular weight is 300 g/mol. The second kappa shape index (κ2) is 6.71. The van der Waals surface area contributed by atoms with Gasteiger partial charge in [0.25, 0.3) is 0 Å². The van der Waals surface area contributed by atoms with E-state index in [-0.39, 0.29) is 0 Å². The van der Waals surface area contributed by atoms with Crippen LogP contribution < -0.4 is 5.32 Å². The molecule has 1 N–H and O–H groups in total. The van der Waals surface area contributed by atoms with Gasteiger partial charge in [-0.05, 0) is 51.0 Å². The Labute approximate surface area is 131 Å². The smallest absolute Gasteiger partial charge is 0.0931 e. The molecule has 1 aromatic carbocycles. The second-order valence-electron chi connectivity index (χ2n) is 6.08. The van der Waals surface area contributed by atoms with Crippen LogP contribution in [0.4, 0.5) is 0 Å². The third-order valence-corrected chi connectivity index (χ3v) is 5.41. The zero-order chi connectivity index (χ0) is 14.7. The van der Waals surface area contributed by atoms with E-state index in [0.717, 1.165) is 19.0 Å². The lowest BCUT2D eigenvalue weighted by Crippen LogP contribution is -2.24. The van der Waals surface area contributed by atoms with Gasteiger partial charge in [-0.15, -0.1) is 11.3 Å². The first-order valence-electron chi connectivity index (χ1n) is 7.93. The van der Waals surface area contributed by atoms with Gasteiger partial charge in [0, 0.05) is 17.5 Å². The quantitative estimate of drug-likeness (QED) is 0.828. The average Bonchev–Trinajstić information content (AvgIpc) is 3.26. The fourth-order valence-electron chi connectivity index (χ4n) is 2.65. The van der Waals surface area contributed by atoms with E-state index in [4.69, 9.17) is 0 Å². The molecular weight excluding hydrogens is 276 g/mol. The van der Waals surface area contributed by atoms with Gasteiger partial charge in [-0.25, -0.2) is 4.98 Å². The fourth-order valence-corrected chi connectivity index (χ4v) is 3.60. The molecule has 1 fully saturated rings. The molecule has 1 saturated carbocycles. The number of aromatic nitrogens is 1. The van der Waals surface area contributed by atoms with E-state index >= 15 is 0 Å².